The topological polar surface area (TPSA) is 43.8 Å². The first-order chi connectivity index (χ1) is 10.1. The molecular weight excluding hydrogens is 264 g/mol. The smallest absolute Gasteiger partial charge is 0.252 e. The lowest BCUT2D eigenvalue weighted by Gasteiger charge is -2.36. The van der Waals surface area contributed by atoms with Gasteiger partial charge in [-0.3, -0.25) is 9.69 Å². The molecule has 0 aliphatic carbocycles. The van der Waals surface area contributed by atoms with Gasteiger partial charge in [0.1, 0.15) is 6.10 Å². The Bertz CT molecular complexity index is 483. The largest absolute Gasteiger partial charge is 0.383 e. The fourth-order valence-electron chi connectivity index (χ4n) is 3.47. The van der Waals surface area contributed by atoms with Crippen molar-refractivity contribution < 1.29 is 9.90 Å². The molecule has 1 aromatic rings. The SMILES string of the molecule is C[C@@H]1CN(C2CCN(Cc3ccccc3)CC2)C(=O)[C@H]1O. The molecule has 1 aromatic carbocycles. The van der Waals surface area contributed by atoms with Crippen molar-refractivity contribution in [1.82, 2.24) is 9.80 Å². The third-order valence-corrected chi connectivity index (χ3v) is 4.81. The Labute approximate surface area is 126 Å². The molecule has 2 heterocycles. The lowest BCUT2D eigenvalue weighted by molar-refractivity contribution is -0.137. The Kier molecular flexibility index (Phi) is 4.27. The predicted octanol–water partition coefficient (Wildman–Crippen LogP) is 1.49. The first-order valence-electron chi connectivity index (χ1n) is 7.90. The van der Waals surface area contributed by atoms with Crippen molar-refractivity contribution in [3.05, 3.63) is 35.9 Å². The maximum atomic E-state index is 12.0. The van der Waals surface area contributed by atoms with Gasteiger partial charge in [0, 0.05) is 38.1 Å². The highest BCUT2D eigenvalue weighted by Crippen LogP contribution is 2.26. The minimum Gasteiger partial charge on any atom is -0.383 e. The molecule has 2 saturated heterocycles. The summed E-state index contributed by atoms with van der Waals surface area (Å²) in [6.07, 6.45) is 1.24. The number of hydrogen-bond acceptors (Lipinski definition) is 3. The van der Waals surface area contributed by atoms with E-state index in [1.807, 2.05) is 17.9 Å². The maximum absolute atomic E-state index is 12.0. The van der Waals surface area contributed by atoms with Crippen molar-refractivity contribution in [1.29, 1.82) is 0 Å². The van der Waals surface area contributed by atoms with Crippen LogP contribution in [0.1, 0.15) is 25.3 Å². The third-order valence-electron chi connectivity index (χ3n) is 4.81. The van der Waals surface area contributed by atoms with Gasteiger partial charge in [0.15, 0.2) is 0 Å². The van der Waals surface area contributed by atoms with Gasteiger partial charge in [0.25, 0.3) is 5.91 Å². The van der Waals surface area contributed by atoms with Crippen LogP contribution in [-0.4, -0.2) is 52.6 Å². The van der Waals surface area contributed by atoms with Crippen LogP contribution in [0.25, 0.3) is 0 Å². The van der Waals surface area contributed by atoms with Gasteiger partial charge in [-0.2, -0.15) is 0 Å². The molecule has 0 radical (unpaired) electrons. The molecule has 2 aliphatic heterocycles. The van der Waals surface area contributed by atoms with Crippen LogP contribution in [0.5, 0.6) is 0 Å². The van der Waals surface area contributed by atoms with Crippen LogP contribution in [0.3, 0.4) is 0 Å². The van der Waals surface area contributed by atoms with Gasteiger partial charge in [-0.25, -0.2) is 0 Å². The molecule has 114 valence electrons. The lowest BCUT2D eigenvalue weighted by atomic mass is 10.0. The summed E-state index contributed by atoms with van der Waals surface area (Å²) in [6.45, 7) is 5.69. The Hall–Kier alpha value is -1.39. The number of piperidine rings is 1. The molecule has 0 unspecified atom stereocenters. The minimum atomic E-state index is -0.785. The molecule has 0 aromatic heterocycles. The second-order valence-corrected chi connectivity index (χ2v) is 6.41. The minimum absolute atomic E-state index is 0.0657. The number of carbonyl (C=O) groups is 1. The van der Waals surface area contributed by atoms with Crippen LogP contribution in [0.2, 0.25) is 0 Å². The van der Waals surface area contributed by atoms with E-state index in [0.717, 1.165) is 32.5 Å². The van der Waals surface area contributed by atoms with Crippen LogP contribution in [0.15, 0.2) is 30.3 Å². The average molecular weight is 288 g/mol. The van der Waals surface area contributed by atoms with E-state index in [9.17, 15) is 9.90 Å². The Morgan fingerprint density at radius 2 is 1.86 bits per heavy atom. The van der Waals surface area contributed by atoms with Gasteiger partial charge in [0.05, 0.1) is 0 Å². The van der Waals surface area contributed by atoms with Crippen LogP contribution < -0.4 is 0 Å². The summed E-state index contributed by atoms with van der Waals surface area (Å²) in [5.74, 6) is 0.00357. The Morgan fingerprint density at radius 3 is 2.43 bits per heavy atom. The van der Waals surface area contributed by atoms with Crippen LogP contribution >= 0.6 is 0 Å². The summed E-state index contributed by atoms with van der Waals surface area (Å²) in [6, 6.07) is 10.8. The van der Waals surface area contributed by atoms with E-state index < -0.39 is 6.10 Å². The van der Waals surface area contributed by atoms with E-state index in [-0.39, 0.29) is 11.8 Å². The molecular formula is C17H24N2O2. The van der Waals surface area contributed by atoms with Gasteiger partial charge in [-0.1, -0.05) is 37.3 Å². The molecule has 4 heteroatoms. The normalized spacial score (nSPS) is 28.3. The number of rotatable bonds is 3. The number of benzene rings is 1. The van der Waals surface area contributed by atoms with Crippen LogP contribution in [0.4, 0.5) is 0 Å². The molecule has 1 amide bonds. The number of aliphatic hydroxyl groups excluding tert-OH is 1. The number of aliphatic hydroxyl groups is 1. The van der Waals surface area contributed by atoms with E-state index in [0.29, 0.717) is 12.6 Å². The maximum Gasteiger partial charge on any atom is 0.252 e. The average Bonchev–Trinajstić information content (AvgIpc) is 2.77. The predicted molar refractivity (Wildman–Crippen MR) is 81.6 cm³/mol. The standard InChI is InChI=1S/C17H24N2O2/c1-13-11-19(17(21)16(13)20)15-7-9-18(10-8-15)12-14-5-3-2-4-6-14/h2-6,13,15-16,20H,7-12H2,1H3/t13-,16+/m1/s1. The fourth-order valence-corrected chi connectivity index (χ4v) is 3.47. The fraction of sp³-hybridized carbons (Fsp3) is 0.588. The highest BCUT2D eigenvalue weighted by atomic mass is 16.3. The zero-order valence-electron chi connectivity index (χ0n) is 12.6. The van der Waals surface area contributed by atoms with Crippen molar-refractivity contribution in [3.63, 3.8) is 0 Å². The molecule has 2 aliphatic rings. The molecule has 0 bridgehead atoms. The number of amides is 1. The summed E-state index contributed by atoms with van der Waals surface area (Å²) >= 11 is 0. The van der Waals surface area contributed by atoms with Crippen molar-refractivity contribution in [2.24, 2.45) is 5.92 Å². The number of nitrogens with zero attached hydrogens (tertiary/aromatic N) is 2. The van der Waals surface area contributed by atoms with Crippen LogP contribution in [-0.2, 0) is 11.3 Å². The molecule has 0 spiro atoms. The van der Waals surface area contributed by atoms with Gasteiger partial charge < -0.3 is 10.0 Å². The summed E-state index contributed by atoms with van der Waals surface area (Å²) in [5.41, 5.74) is 1.34. The Balaban J connectivity index is 1.53. The van der Waals surface area contributed by atoms with Crippen molar-refractivity contribution in [2.75, 3.05) is 19.6 Å². The van der Waals surface area contributed by atoms with Gasteiger partial charge >= 0.3 is 0 Å². The van der Waals surface area contributed by atoms with Crippen molar-refractivity contribution in [2.45, 2.75) is 38.5 Å². The van der Waals surface area contributed by atoms with Gasteiger partial charge in [0.2, 0.25) is 0 Å². The molecule has 2 fully saturated rings. The van der Waals surface area contributed by atoms with E-state index in [2.05, 4.69) is 29.2 Å². The molecule has 3 rings (SSSR count). The van der Waals surface area contributed by atoms with Gasteiger partial charge in [-0.05, 0) is 18.4 Å². The third kappa shape index (κ3) is 3.11. The van der Waals surface area contributed by atoms with Crippen molar-refractivity contribution in [3.8, 4) is 0 Å². The van der Waals surface area contributed by atoms with E-state index in [1.54, 1.807) is 0 Å². The number of hydrogen-bond donors (Lipinski definition) is 1. The zero-order valence-corrected chi connectivity index (χ0v) is 12.6. The van der Waals surface area contributed by atoms with Crippen molar-refractivity contribution >= 4 is 5.91 Å². The zero-order chi connectivity index (χ0) is 14.8. The quantitative estimate of drug-likeness (QED) is 0.916. The van der Waals surface area contributed by atoms with E-state index >= 15 is 0 Å². The highest BCUT2D eigenvalue weighted by molar-refractivity contribution is 5.83. The lowest BCUT2D eigenvalue weighted by Crippen LogP contribution is -2.46. The first-order valence-corrected chi connectivity index (χ1v) is 7.90. The monoisotopic (exact) mass is 288 g/mol. The second-order valence-electron chi connectivity index (χ2n) is 6.41. The molecule has 4 nitrogen and oxygen atoms in total. The van der Waals surface area contributed by atoms with E-state index in [1.165, 1.54) is 5.56 Å². The second kappa shape index (κ2) is 6.16. The molecule has 21 heavy (non-hydrogen) atoms. The highest BCUT2D eigenvalue weighted by Gasteiger charge is 2.40. The number of likely N-dealkylation sites (tertiary alicyclic amines) is 2. The van der Waals surface area contributed by atoms with Crippen LogP contribution in [0, 0.1) is 5.92 Å². The van der Waals surface area contributed by atoms with E-state index in [4.69, 9.17) is 0 Å². The summed E-state index contributed by atoms with van der Waals surface area (Å²) in [4.78, 5) is 16.4. The molecule has 1 N–H and O–H groups in total. The molecule has 2 atom stereocenters. The van der Waals surface area contributed by atoms with Gasteiger partial charge in [-0.15, -0.1) is 0 Å². The first kappa shape index (κ1) is 14.5. The summed E-state index contributed by atoms with van der Waals surface area (Å²) < 4.78 is 0. The Morgan fingerprint density at radius 1 is 1.19 bits per heavy atom. The number of carbonyl (C=O) groups excluding carboxylic acids is 1. The molecule has 0 saturated carbocycles. The summed E-state index contributed by atoms with van der Waals surface area (Å²) in [5, 5.41) is 9.81. The summed E-state index contributed by atoms with van der Waals surface area (Å²) in [7, 11) is 0.